The number of ether oxygens (including phenoxy) is 2. The Kier molecular flexibility index (Phi) is 10.7. The van der Waals surface area contributed by atoms with Gasteiger partial charge in [-0.05, 0) is 97.5 Å². The predicted octanol–water partition coefficient (Wildman–Crippen LogP) is 7.31. The molecular weight excluding hydrogens is 601 g/mol. The summed E-state index contributed by atoms with van der Waals surface area (Å²) in [5.74, 6) is 0.623. The molecule has 0 spiro atoms. The summed E-state index contributed by atoms with van der Waals surface area (Å²) in [6.07, 6.45) is 1.54. The Balaban J connectivity index is 1.80. The third-order valence-corrected chi connectivity index (χ3v) is 6.76. The number of hydrogen-bond donors (Lipinski definition) is 1. The minimum atomic E-state index is -0.481. The van der Waals surface area contributed by atoms with Crippen molar-refractivity contribution in [3.8, 4) is 17.6 Å². The summed E-state index contributed by atoms with van der Waals surface area (Å²) >= 11 is 8.42. The van der Waals surface area contributed by atoms with Crippen molar-refractivity contribution in [1.82, 2.24) is 0 Å². The van der Waals surface area contributed by atoms with E-state index in [4.69, 9.17) is 21.1 Å². The Morgan fingerprint density at radius 2 is 1.78 bits per heavy atom. The quantitative estimate of drug-likeness (QED) is 0.137. The highest BCUT2D eigenvalue weighted by Crippen LogP contribution is 2.36. The average Bonchev–Trinajstić information content (AvgIpc) is 2.89. The number of amides is 1. The van der Waals surface area contributed by atoms with Crippen LogP contribution in [-0.2, 0) is 11.4 Å². The number of anilines is 2. The normalized spacial score (nSPS) is 11.0. The average molecular weight is 630 g/mol. The summed E-state index contributed by atoms with van der Waals surface area (Å²) in [6, 6.07) is 20.7. The third-order valence-electron chi connectivity index (χ3n) is 5.59. The van der Waals surface area contributed by atoms with Crippen molar-refractivity contribution >= 4 is 57.5 Å². The van der Waals surface area contributed by atoms with Crippen molar-refractivity contribution < 1.29 is 14.3 Å². The number of nitrogens with zero attached hydrogens (tertiary/aromatic N) is 2. The number of nitrogens with one attached hydrogen (secondary N) is 1. The van der Waals surface area contributed by atoms with Crippen molar-refractivity contribution in [2.24, 2.45) is 0 Å². The molecule has 0 aliphatic carbocycles. The number of hydrogen-bond acceptors (Lipinski definition) is 5. The van der Waals surface area contributed by atoms with Gasteiger partial charge >= 0.3 is 0 Å². The fourth-order valence-corrected chi connectivity index (χ4v) is 4.67. The van der Waals surface area contributed by atoms with Gasteiger partial charge in [-0.2, -0.15) is 5.26 Å². The number of halogens is 2. The zero-order chi connectivity index (χ0) is 26.8. The molecule has 8 heteroatoms. The van der Waals surface area contributed by atoms with E-state index in [2.05, 4.69) is 46.7 Å². The first-order valence-electron chi connectivity index (χ1n) is 12.0. The van der Waals surface area contributed by atoms with Crippen LogP contribution < -0.4 is 19.7 Å². The highest BCUT2D eigenvalue weighted by atomic mass is 127. The van der Waals surface area contributed by atoms with Gasteiger partial charge < -0.3 is 19.7 Å². The molecule has 0 unspecified atom stereocenters. The fraction of sp³-hybridized carbons (Fsp3) is 0.241. The van der Waals surface area contributed by atoms with Crippen molar-refractivity contribution in [3.63, 3.8) is 0 Å². The number of carbonyl (C=O) groups excluding carboxylic acids is 1. The van der Waals surface area contributed by atoms with Crippen LogP contribution >= 0.6 is 34.2 Å². The molecule has 6 nitrogen and oxygen atoms in total. The zero-order valence-electron chi connectivity index (χ0n) is 21.1. The van der Waals surface area contributed by atoms with Crippen LogP contribution in [0.2, 0.25) is 5.02 Å². The smallest absolute Gasteiger partial charge is 0.266 e. The number of carbonyl (C=O) groups is 1. The molecule has 0 radical (unpaired) electrons. The lowest BCUT2D eigenvalue weighted by molar-refractivity contribution is -0.112. The standard InChI is InChI=1S/C29H29ClIN3O3/c1-4-34(5-2)24-13-11-23(12-14-24)33-29(35)22(18-32)15-20-16-26(31)28(27(17-20)36-6-3)37-19-21-9-7-8-10-25(21)30/h7-17H,4-6,19H2,1-3H3,(H,33,35)/b22-15-. The van der Waals surface area contributed by atoms with E-state index >= 15 is 0 Å². The van der Waals surface area contributed by atoms with Crippen LogP contribution in [0.15, 0.2) is 66.2 Å². The molecule has 0 fully saturated rings. The second-order valence-corrected chi connectivity index (χ2v) is 9.56. The lowest BCUT2D eigenvalue weighted by Crippen LogP contribution is -2.21. The molecule has 0 saturated carbocycles. The molecule has 0 aromatic heterocycles. The molecule has 37 heavy (non-hydrogen) atoms. The van der Waals surface area contributed by atoms with Gasteiger partial charge in [0.15, 0.2) is 11.5 Å². The van der Waals surface area contributed by atoms with E-state index in [0.29, 0.717) is 34.4 Å². The van der Waals surface area contributed by atoms with Crippen LogP contribution in [0, 0.1) is 14.9 Å². The van der Waals surface area contributed by atoms with E-state index in [1.54, 1.807) is 12.1 Å². The summed E-state index contributed by atoms with van der Waals surface area (Å²) in [6.45, 7) is 8.58. The van der Waals surface area contributed by atoms with E-state index < -0.39 is 5.91 Å². The molecule has 0 aliphatic heterocycles. The molecule has 3 aromatic rings. The summed E-state index contributed by atoms with van der Waals surface area (Å²) < 4.78 is 12.7. The van der Waals surface area contributed by atoms with Crippen LogP contribution in [-0.4, -0.2) is 25.6 Å². The maximum Gasteiger partial charge on any atom is 0.266 e. The molecule has 3 aromatic carbocycles. The molecular formula is C29H29ClIN3O3. The second-order valence-electron chi connectivity index (χ2n) is 7.99. The Hall–Kier alpha value is -3.22. The van der Waals surface area contributed by atoms with Crippen molar-refractivity contribution in [2.45, 2.75) is 27.4 Å². The Bertz CT molecular complexity index is 1300. The summed E-state index contributed by atoms with van der Waals surface area (Å²) in [5.41, 5.74) is 3.20. The van der Waals surface area contributed by atoms with E-state index in [1.165, 1.54) is 0 Å². The van der Waals surface area contributed by atoms with Gasteiger partial charge in [0, 0.05) is 35.1 Å². The molecule has 3 rings (SSSR count). The SMILES string of the molecule is CCOc1cc(/C=C(/C#N)C(=O)Nc2ccc(N(CC)CC)cc2)cc(I)c1OCc1ccccc1Cl. The van der Waals surface area contributed by atoms with Gasteiger partial charge in [-0.15, -0.1) is 0 Å². The zero-order valence-corrected chi connectivity index (χ0v) is 24.0. The van der Waals surface area contributed by atoms with Crippen molar-refractivity contribution in [2.75, 3.05) is 29.9 Å². The molecule has 0 bridgehead atoms. The highest BCUT2D eigenvalue weighted by molar-refractivity contribution is 14.1. The van der Waals surface area contributed by atoms with Gasteiger partial charge in [-0.25, -0.2) is 0 Å². The summed E-state index contributed by atoms with van der Waals surface area (Å²) in [4.78, 5) is 15.1. The number of benzene rings is 3. The Morgan fingerprint density at radius 3 is 2.41 bits per heavy atom. The topological polar surface area (TPSA) is 74.6 Å². The monoisotopic (exact) mass is 629 g/mol. The molecule has 192 valence electrons. The minimum absolute atomic E-state index is 0.0178. The predicted molar refractivity (Wildman–Crippen MR) is 158 cm³/mol. The lowest BCUT2D eigenvalue weighted by atomic mass is 10.1. The molecule has 1 N–H and O–H groups in total. The van der Waals surface area contributed by atoms with Crippen LogP contribution in [0.25, 0.3) is 6.08 Å². The first-order chi connectivity index (χ1) is 17.9. The molecule has 0 saturated heterocycles. The van der Waals surface area contributed by atoms with Gasteiger partial charge in [0.1, 0.15) is 18.2 Å². The van der Waals surface area contributed by atoms with E-state index in [0.717, 1.165) is 27.9 Å². The van der Waals surface area contributed by atoms with Gasteiger partial charge in [0.2, 0.25) is 0 Å². The maximum absolute atomic E-state index is 12.9. The highest BCUT2D eigenvalue weighted by Gasteiger charge is 2.15. The maximum atomic E-state index is 12.9. The Labute approximate surface area is 237 Å². The van der Waals surface area contributed by atoms with E-state index in [9.17, 15) is 10.1 Å². The second kappa shape index (κ2) is 13.9. The third kappa shape index (κ3) is 7.63. The van der Waals surface area contributed by atoms with Crippen LogP contribution in [0.1, 0.15) is 31.9 Å². The summed E-state index contributed by atoms with van der Waals surface area (Å²) in [5, 5.41) is 13.1. The first-order valence-corrected chi connectivity index (χ1v) is 13.5. The van der Waals surface area contributed by atoms with Gasteiger partial charge in [-0.1, -0.05) is 29.8 Å². The van der Waals surface area contributed by atoms with Gasteiger partial charge in [0.05, 0.1) is 10.2 Å². The summed E-state index contributed by atoms with van der Waals surface area (Å²) in [7, 11) is 0. The number of nitriles is 1. The van der Waals surface area contributed by atoms with E-state index in [1.807, 2.05) is 67.6 Å². The van der Waals surface area contributed by atoms with Crippen molar-refractivity contribution in [1.29, 1.82) is 5.26 Å². The van der Waals surface area contributed by atoms with Gasteiger partial charge in [0.25, 0.3) is 5.91 Å². The molecule has 0 aliphatic rings. The van der Waals surface area contributed by atoms with E-state index in [-0.39, 0.29) is 12.2 Å². The molecule has 0 atom stereocenters. The van der Waals surface area contributed by atoms with Crippen LogP contribution in [0.3, 0.4) is 0 Å². The van der Waals surface area contributed by atoms with Crippen LogP contribution in [0.4, 0.5) is 11.4 Å². The van der Waals surface area contributed by atoms with Crippen LogP contribution in [0.5, 0.6) is 11.5 Å². The van der Waals surface area contributed by atoms with Crippen molar-refractivity contribution in [3.05, 3.63) is 86.0 Å². The molecule has 0 heterocycles. The van der Waals surface area contributed by atoms with Gasteiger partial charge in [-0.3, -0.25) is 4.79 Å². The Morgan fingerprint density at radius 1 is 1.08 bits per heavy atom. The first kappa shape index (κ1) is 28.4. The largest absolute Gasteiger partial charge is 0.490 e. The number of rotatable bonds is 11. The fourth-order valence-electron chi connectivity index (χ4n) is 3.70. The molecule has 1 amide bonds. The minimum Gasteiger partial charge on any atom is -0.490 e. The lowest BCUT2D eigenvalue weighted by Gasteiger charge is -2.21.